The summed E-state index contributed by atoms with van der Waals surface area (Å²) in [6.45, 7) is 1.94. The van der Waals surface area contributed by atoms with Crippen LogP contribution in [0.15, 0.2) is 53.7 Å². The minimum atomic E-state index is -0.354. The van der Waals surface area contributed by atoms with Crippen LogP contribution in [0.2, 0.25) is 0 Å². The van der Waals surface area contributed by atoms with Crippen molar-refractivity contribution in [3.8, 4) is 5.69 Å². The Kier molecular flexibility index (Phi) is 5.61. The molecule has 0 saturated carbocycles. The molecule has 1 N–H and O–H groups in total. The Hall–Kier alpha value is -3.10. The Morgan fingerprint density at radius 3 is 2.50 bits per heavy atom. The molecule has 0 bridgehead atoms. The summed E-state index contributed by atoms with van der Waals surface area (Å²) < 4.78 is 2.02. The van der Waals surface area contributed by atoms with Gasteiger partial charge in [0.15, 0.2) is 0 Å². The Balaban J connectivity index is 1.61. The van der Waals surface area contributed by atoms with E-state index >= 15 is 0 Å². The second-order valence-corrected chi connectivity index (χ2v) is 8.47. The van der Waals surface area contributed by atoms with Crippen LogP contribution in [0.1, 0.15) is 5.56 Å². The monoisotopic (exact) mass is 421 g/mol. The second kappa shape index (κ2) is 8.33. The van der Waals surface area contributed by atoms with E-state index in [0.717, 1.165) is 52.8 Å². The normalized spacial score (nSPS) is 15.4. The van der Waals surface area contributed by atoms with Gasteiger partial charge in [0.05, 0.1) is 15.9 Å². The maximum absolute atomic E-state index is 11.8. The van der Waals surface area contributed by atoms with E-state index in [1.54, 1.807) is 12.4 Å². The number of benzene rings is 2. The topological polar surface area (TPSA) is 70.5 Å². The first kappa shape index (κ1) is 20.2. The van der Waals surface area contributed by atoms with E-state index in [1.165, 1.54) is 0 Å². The molecule has 0 atom stereocenters. The molecule has 30 heavy (non-hydrogen) atoms. The fraction of sp³-hybridized carbons (Fsp3) is 0.227. The van der Waals surface area contributed by atoms with Gasteiger partial charge in [0.1, 0.15) is 6.33 Å². The lowest BCUT2D eigenvalue weighted by Gasteiger charge is -2.21. The van der Waals surface area contributed by atoms with Gasteiger partial charge in [0, 0.05) is 31.5 Å². The fourth-order valence-electron chi connectivity index (χ4n) is 3.24. The lowest BCUT2D eigenvalue weighted by Crippen LogP contribution is -2.28. The van der Waals surface area contributed by atoms with Crippen molar-refractivity contribution >= 4 is 45.7 Å². The van der Waals surface area contributed by atoms with E-state index in [0.29, 0.717) is 4.91 Å². The molecule has 3 aromatic rings. The van der Waals surface area contributed by atoms with Gasteiger partial charge < -0.3 is 9.80 Å². The summed E-state index contributed by atoms with van der Waals surface area (Å²) >= 11 is 0.918. The number of nitrogens with zero attached hydrogens (tertiary/aromatic N) is 4. The number of imide groups is 1. The number of nitrogens with one attached hydrogen (secondary N) is 1. The lowest BCUT2D eigenvalue weighted by atomic mass is 10.1. The molecule has 7 nitrogen and oxygen atoms in total. The number of hydrogen-bond acceptors (Lipinski definition) is 6. The summed E-state index contributed by atoms with van der Waals surface area (Å²) in [5, 5.41) is 1.94. The lowest BCUT2D eigenvalue weighted by molar-refractivity contribution is -0.115. The minimum absolute atomic E-state index is 0.340. The number of fused-ring (bicyclic) bond motifs is 1. The SMILES string of the molecule is CN(C)CCN(C)c1ccc(-n2cnc3ccc(/C=C4\SC(=O)NC4=O)cc32)cc1. The van der Waals surface area contributed by atoms with Crippen LogP contribution in [0.5, 0.6) is 0 Å². The van der Waals surface area contributed by atoms with Gasteiger partial charge in [-0.15, -0.1) is 0 Å². The highest BCUT2D eigenvalue weighted by Crippen LogP contribution is 2.27. The molecule has 0 aliphatic carbocycles. The van der Waals surface area contributed by atoms with Crippen LogP contribution in [0, 0.1) is 0 Å². The Labute approximate surface area is 179 Å². The van der Waals surface area contributed by atoms with Crippen molar-refractivity contribution < 1.29 is 9.59 Å². The van der Waals surface area contributed by atoms with Gasteiger partial charge in [-0.25, -0.2) is 4.98 Å². The maximum Gasteiger partial charge on any atom is 0.290 e. The summed E-state index contributed by atoms with van der Waals surface area (Å²) in [6, 6.07) is 14.1. The molecule has 8 heteroatoms. The van der Waals surface area contributed by atoms with Gasteiger partial charge in [-0.2, -0.15) is 0 Å². The number of carbonyl (C=O) groups excluding carboxylic acids is 2. The molecule has 154 valence electrons. The van der Waals surface area contributed by atoms with Crippen molar-refractivity contribution in [1.82, 2.24) is 19.8 Å². The molecule has 2 aromatic carbocycles. The van der Waals surface area contributed by atoms with Gasteiger partial charge in [-0.1, -0.05) is 6.07 Å². The number of amides is 2. The Bertz CT molecular complexity index is 1130. The van der Waals surface area contributed by atoms with Crippen molar-refractivity contribution in [2.45, 2.75) is 0 Å². The predicted octanol–water partition coefficient (Wildman–Crippen LogP) is 3.35. The van der Waals surface area contributed by atoms with Crippen LogP contribution < -0.4 is 10.2 Å². The minimum Gasteiger partial charge on any atom is -0.373 e. The molecule has 1 aliphatic heterocycles. The average Bonchev–Trinajstić information content (AvgIpc) is 3.28. The Morgan fingerprint density at radius 2 is 1.83 bits per heavy atom. The first-order valence-corrected chi connectivity index (χ1v) is 10.4. The molecule has 0 radical (unpaired) electrons. The van der Waals surface area contributed by atoms with E-state index in [1.807, 2.05) is 22.8 Å². The molecule has 2 heterocycles. The summed E-state index contributed by atoms with van der Waals surface area (Å²) in [4.78, 5) is 32.5. The van der Waals surface area contributed by atoms with Crippen molar-refractivity contribution in [3.05, 3.63) is 59.3 Å². The standard InChI is InChI=1S/C22H23N5O2S/c1-25(2)10-11-26(3)16-5-7-17(8-6-16)27-14-23-18-9-4-15(12-19(18)27)13-20-21(28)24-22(29)30-20/h4-9,12-14H,10-11H2,1-3H3,(H,24,28,29)/b20-13-. The number of carbonyl (C=O) groups is 2. The zero-order valence-electron chi connectivity index (χ0n) is 17.1. The Morgan fingerprint density at radius 1 is 1.07 bits per heavy atom. The average molecular weight is 422 g/mol. The zero-order chi connectivity index (χ0) is 21.3. The molecular formula is C22H23N5O2S. The molecule has 1 aliphatic rings. The molecule has 2 amide bonds. The fourth-order valence-corrected chi connectivity index (χ4v) is 3.92. The van der Waals surface area contributed by atoms with Crippen molar-refractivity contribution in [2.75, 3.05) is 39.1 Å². The highest BCUT2D eigenvalue weighted by atomic mass is 32.2. The summed E-state index contributed by atoms with van der Waals surface area (Å²) in [5.74, 6) is -0.354. The number of hydrogen-bond donors (Lipinski definition) is 1. The number of aromatic nitrogens is 2. The van der Waals surface area contributed by atoms with E-state index in [-0.39, 0.29) is 11.1 Å². The second-order valence-electron chi connectivity index (χ2n) is 7.46. The van der Waals surface area contributed by atoms with Gasteiger partial charge in [0.25, 0.3) is 11.1 Å². The summed E-state index contributed by atoms with van der Waals surface area (Å²) in [5.41, 5.74) is 4.81. The van der Waals surface area contributed by atoms with E-state index in [9.17, 15) is 9.59 Å². The number of rotatable bonds is 6. The molecule has 1 aromatic heterocycles. The molecule has 0 spiro atoms. The highest BCUT2D eigenvalue weighted by Gasteiger charge is 2.25. The van der Waals surface area contributed by atoms with Crippen LogP contribution in [0.25, 0.3) is 22.8 Å². The predicted molar refractivity (Wildman–Crippen MR) is 122 cm³/mol. The molecule has 1 fully saturated rings. The molecule has 4 rings (SSSR count). The van der Waals surface area contributed by atoms with Gasteiger partial charge in [-0.05, 0) is 73.9 Å². The first-order chi connectivity index (χ1) is 14.4. The van der Waals surface area contributed by atoms with Crippen LogP contribution in [-0.2, 0) is 4.79 Å². The summed E-state index contributed by atoms with van der Waals surface area (Å²) in [6.07, 6.45) is 3.53. The van der Waals surface area contributed by atoms with E-state index in [4.69, 9.17) is 0 Å². The van der Waals surface area contributed by atoms with Crippen molar-refractivity contribution in [2.24, 2.45) is 0 Å². The largest absolute Gasteiger partial charge is 0.373 e. The van der Waals surface area contributed by atoms with Crippen LogP contribution in [-0.4, -0.2) is 59.8 Å². The highest BCUT2D eigenvalue weighted by molar-refractivity contribution is 8.18. The number of likely N-dealkylation sites (N-methyl/N-ethyl adjacent to an activating group) is 2. The number of imidazole rings is 1. The van der Waals surface area contributed by atoms with Crippen LogP contribution in [0.4, 0.5) is 10.5 Å². The summed E-state index contributed by atoms with van der Waals surface area (Å²) in [7, 11) is 6.23. The van der Waals surface area contributed by atoms with E-state index < -0.39 is 0 Å². The third-order valence-corrected chi connectivity index (χ3v) is 5.77. The van der Waals surface area contributed by atoms with Crippen LogP contribution >= 0.6 is 11.8 Å². The van der Waals surface area contributed by atoms with Crippen molar-refractivity contribution in [1.29, 1.82) is 0 Å². The maximum atomic E-state index is 11.8. The number of anilines is 1. The van der Waals surface area contributed by atoms with Crippen LogP contribution in [0.3, 0.4) is 0 Å². The third kappa shape index (κ3) is 4.24. The smallest absolute Gasteiger partial charge is 0.290 e. The molecular weight excluding hydrogens is 398 g/mol. The van der Waals surface area contributed by atoms with Gasteiger partial charge >= 0.3 is 0 Å². The number of thioether (sulfide) groups is 1. The van der Waals surface area contributed by atoms with Gasteiger partial charge in [0.2, 0.25) is 0 Å². The first-order valence-electron chi connectivity index (χ1n) is 9.59. The van der Waals surface area contributed by atoms with E-state index in [2.05, 4.69) is 65.5 Å². The zero-order valence-corrected chi connectivity index (χ0v) is 17.9. The third-order valence-electron chi connectivity index (χ3n) is 4.96. The molecule has 0 unspecified atom stereocenters. The molecule has 1 saturated heterocycles. The van der Waals surface area contributed by atoms with Gasteiger partial charge in [-0.3, -0.25) is 19.5 Å². The quantitative estimate of drug-likeness (QED) is 0.616. The van der Waals surface area contributed by atoms with Crippen molar-refractivity contribution in [3.63, 3.8) is 0 Å².